The fraction of sp³-hybridized carbons (Fsp3) is 0.444. The molecule has 0 unspecified atom stereocenters. The molecule has 0 bridgehead atoms. The summed E-state index contributed by atoms with van der Waals surface area (Å²) in [4.78, 5) is 2.37. The van der Waals surface area contributed by atoms with Crippen molar-refractivity contribution in [2.24, 2.45) is 5.92 Å². The number of aliphatic hydroxyl groups excluding tert-OH is 1. The van der Waals surface area contributed by atoms with E-state index in [1.807, 2.05) is 66.2 Å². The Labute approximate surface area is 196 Å². The van der Waals surface area contributed by atoms with Crippen LogP contribution < -0.4 is 9.47 Å². The molecule has 1 heterocycles. The minimum absolute atomic E-state index is 0.333. The van der Waals surface area contributed by atoms with Crippen LogP contribution >= 0.6 is 0 Å². The van der Waals surface area contributed by atoms with Gasteiger partial charge < -0.3 is 14.6 Å². The summed E-state index contributed by atoms with van der Waals surface area (Å²) in [5.41, 5.74) is 3.05. The molecular formula is C27H35N3O3. The van der Waals surface area contributed by atoms with Gasteiger partial charge in [0.05, 0.1) is 30.2 Å². The van der Waals surface area contributed by atoms with Gasteiger partial charge in [0, 0.05) is 25.7 Å². The molecule has 1 fully saturated rings. The minimum atomic E-state index is -0.333. The van der Waals surface area contributed by atoms with Gasteiger partial charge in [0.1, 0.15) is 11.5 Å². The molecule has 2 aromatic carbocycles. The molecule has 0 spiro atoms. The van der Waals surface area contributed by atoms with E-state index in [9.17, 15) is 5.11 Å². The Kier molecular flexibility index (Phi) is 7.68. The summed E-state index contributed by atoms with van der Waals surface area (Å²) in [7, 11) is 1.66. The number of hydrogen-bond acceptors (Lipinski definition) is 5. The first-order chi connectivity index (χ1) is 16.1. The van der Waals surface area contributed by atoms with E-state index in [4.69, 9.17) is 14.6 Å². The molecule has 1 aliphatic rings. The van der Waals surface area contributed by atoms with E-state index < -0.39 is 0 Å². The van der Waals surface area contributed by atoms with Crippen LogP contribution in [0.3, 0.4) is 0 Å². The number of methoxy groups -OCH3 is 1. The third-order valence-corrected chi connectivity index (χ3v) is 6.15. The van der Waals surface area contributed by atoms with Crippen molar-refractivity contribution in [1.82, 2.24) is 14.7 Å². The van der Waals surface area contributed by atoms with Crippen LogP contribution in [0.1, 0.15) is 44.4 Å². The van der Waals surface area contributed by atoms with Crippen molar-refractivity contribution >= 4 is 0 Å². The molecule has 0 aliphatic heterocycles. The SMILES string of the molecule is CCc1nn(-c2ccccc2)c(Oc2cccc(OC)c2)c1CN(CC1CC1)C[C@@H](O)CC. The molecule has 1 N–H and O–H groups in total. The van der Waals surface area contributed by atoms with Crippen LogP contribution in [-0.4, -0.2) is 46.1 Å². The first-order valence-corrected chi connectivity index (χ1v) is 12.0. The molecule has 1 aromatic heterocycles. The van der Waals surface area contributed by atoms with Crippen molar-refractivity contribution in [3.8, 4) is 23.1 Å². The number of ether oxygens (including phenoxy) is 2. The minimum Gasteiger partial charge on any atom is -0.497 e. The lowest BCUT2D eigenvalue weighted by molar-refractivity contribution is 0.102. The predicted octanol–water partition coefficient (Wildman–Crippen LogP) is 5.22. The average Bonchev–Trinajstić information content (AvgIpc) is 3.60. The molecule has 33 heavy (non-hydrogen) atoms. The van der Waals surface area contributed by atoms with Crippen LogP contribution in [0.5, 0.6) is 17.4 Å². The second kappa shape index (κ2) is 10.9. The number of aromatic nitrogens is 2. The van der Waals surface area contributed by atoms with E-state index in [0.717, 1.165) is 53.9 Å². The van der Waals surface area contributed by atoms with Gasteiger partial charge in [0.15, 0.2) is 0 Å². The number of hydrogen-bond donors (Lipinski definition) is 1. The number of rotatable bonds is 12. The maximum atomic E-state index is 10.4. The Balaban J connectivity index is 1.74. The molecule has 0 amide bonds. The summed E-state index contributed by atoms with van der Waals surface area (Å²) < 4.78 is 13.8. The highest BCUT2D eigenvalue weighted by Gasteiger charge is 2.28. The van der Waals surface area contributed by atoms with Crippen molar-refractivity contribution < 1.29 is 14.6 Å². The quantitative estimate of drug-likeness (QED) is 0.411. The van der Waals surface area contributed by atoms with Gasteiger partial charge in [0.25, 0.3) is 0 Å². The third kappa shape index (κ3) is 5.95. The zero-order valence-electron chi connectivity index (χ0n) is 19.9. The van der Waals surface area contributed by atoms with Gasteiger partial charge in [-0.05, 0) is 55.9 Å². The van der Waals surface area contributed by atoms with Crippen molar-refractivity contribution in [3.05, 3.63) is 65.9 Å². The van der Waals surface area contributed by atoms with Gasteiger partial charge in [-0.1, -0.05) is 38.1 Å². The molecule has 1 saturated carbocycles. The van der Waals surface area contributed by atoms with Gasteiger partial charge in [0.2, 0.25) is 5.88 Å². The molecule has 1 aliphatic carbocycles. The van der Waals surface area contributed by atoms with Crippen molar-refractivity contribution in [1.29, 1.82) is 0 Å². The van der Waals surface area contributed by atoms with Crippen molar-refractivity contribution in [3.63, 3.8) is 0 Å². The van der Waals surface area contributed by atoms with Gasteiger partial charge in [-0.25, -0.2) is 4.68 Å². The Hall–Kier alpha value is -2.83. The largest absolute Gasteiger partial charge is 0.497 e. The monoisotopic (exact) mass is 449 g/mol. The lowest BCUT2D eigenvalue weighted by Crippen LogP contribution is -2.33. The van der Waals surface area contributed by atoms with E-state index in [-0.39, 0.29) is 6.10 Å². The number of aryl methyl sites for hydroxylation is 1. The van der Waals surface area contributed by atoms with Crippen LogP contribution in [0.25, 0.3) is 5.69 Å². The second-order valence-corrected chi connectivity index (χ2v) is 8.81. The summed E-state index contributed by atoms with van der Waals surface area (Å²) in [6.45, 7) is 6.51. The maximum Gasteiger partial charge on any atom is 0.227 e. The van der Waals surface area contributed by atoms with E-state index >= 15 is 0 Å². The van der Waals surface area contributed by atoms with Crippen LogP contribution in [0.15, 0.2) is 54.6 Å². The Morgan fingerprint density at radius 3 is 2.52 bits per heavy atom. The third-order valence-electron chi connectivity index (χ3n) is 6.15. The highest BCUT2D eigenvalue weighted by atomic mass is 16.5. The topological polar surface area (TPSA) is 59.8 Å². The molecule has 0 saturated heterocycles. The first kappa shape index (κ1) is 23.3. The Morgan fingerprint density at radius 2 is 1.85 bits per heavy atom. The smallest absolute Gasteiger partial charge is 0.227 e. The fourth-order valence-corrected chi connectivity index (χ4v) is 4.07. The zero-order valence-corrected chi connectivity index (χ0v) is 19.9. The maximum absolute atomic E-state index is 10.4. The average molecular weight is 450 g/mol. The van der Waals surface area contributed by atoms with Crippen molar-refractivity contribution in [2.45, 2.75) is 52.2 Å². The van der Waals surface area contributed by atoms with Gasteiger partial charge in [-0.15, -0.1) is 0 Å². The molecule has 0 radical (unpaired) electrons. The van der Waals surface area contributed by atoms with Gasteiger partial charge >= 0.3 is 0 Å². The molecule has 1 atom stereocenters. The van der Waals surface area contributed by atoms with E-state index in [1.165, 1.54) is 12.8 Å². The normalized spacial score (nSPS) is 14.5. The highest BCUT2D eigenvalue weighted by Crippen LogP contribution is 2.35. The fourth-order valence-electron chi connectivity index (χ4n) is 4.07. The number of benzene rings is 2. The molecule has 6 nitrogen and oxygen atoms in total. The van der Waals surface area contributed by atoms with Crippen LogP contribution in [-0.2, 0) is 13.0 Å². The molecular weight excluding hydrogens is 414 g/mol. The molecule has 6 heteroatoms. The molecule has 4 rings (SSSR count). The summed E-state index contributed by atoms with van der Waals surface area (Å²) >= 11 is 0. The highest BCUT2D eigenvalue weighted by molar-refractivity contribution is 5.44. The summed E-state index contributed by atoms with van der Waals surface area (Å²) in [6, 6.07) is 17.8. The van der Waals surface area contributed by atoms with Crippen LogP contribution in [0.4, 0.5) is 0 Å². The van der Waals surface area contributed by atoms with Crippen LogP contribution in [0, 0.1) is 5.92 Å². The van der Waals surface area contributed by atoms with Crippen molar-refractivity contribution in [2.75, 3.05) is 20.2 Å². The van der Waals surface area contributed by atoms with Crippen LogP contribution in [0.2, 0.25) is 0 Å². The second-order valence-electron chi connectivity index (χ2n) is 8.81. The summed E-state index contributed by atoms with van der Waals surface area (Å²) in [6.07, 6.45) is 3.77. The van der Waals surface area contributed by atoms with E-state index in [2.05, 4.69) is 11.8 Å². The molecule has 3 aromatic rings. The predicted molar refractivity (Wildman–Crippen MR) is 130 cm³/mol. The lowest BCUT2D eigenvalue weighted by atomic mass is 10.1. The van der Waals surface area contributed by atoms with Gasteiger partial charge in [-0.2, -0.15) is 5.10 Å². The Bertz CT molecular complexity index is 1030. The number of nitrogens with zero attached hydrogens (tertiary/aromatic N) is 3. The Morgan fingerprint density at radius 1 is 1.09 bits per heavy atom. The van der Waals surface area contributed by atoms with Gasteiger partial charge in [-0.3, -0.25) is 4.90 Å². The van der Waals surface area contributed by atoms with E-state index in [0.29, 0.717) is 18.8 Å². The summed E-state index contributed by atoms with van der Waals surface area (Å²) in [5.74, 6) is 2.90. The zero-order chi connectivity index (χ0) is 23.2. The lowest BCUT2D eigenvalue weighted by Gasteiger charge is -2.25. The number of para-hydroxylation sites is 1. The van der Waals surface area contributed by atoms with E-state index in [1.54, 1.807) is 7.11 Å². The first-order valence-electron chi connectivity index (χ1n) is 12.0. The summed E-state index contributed by atoms with van der Waals surface area (Å²) in [5, 5.41) is 15.4. The number of aliphatic hydroxyl groups is 1. The molecule has 176 valence electrons. The standard InChI is InChI=1S/C27H35N3O3/c1-4-22(31)18-29(17-20-14-15-20)19-25-26(5-2)28-30(21-10-7-6-8-11-21)27(25)33-24-13-9-12-23(16-24)32-3/h6-13,16,20,22,31H,4-5,14-15,17-19H2,1-3H3/t22-/m0/s1.